The molecule has 0 amide bonds. The van der Waals surface area contributed by atoms with Crippen LogP contribution in [-0.2, 0) is 14.3 Å². The molecule has 5 heteroatoms. The zero-order valence-electron chi connectivity index (χ0n) is 9.41. The first-order valence-electron chi connectivity index (χ1n) is 5.76. The highest BCUT2D eigenvalue weighted by Crippen LogP contribution is 2.25. The molecule has 1 saturated carbocycles. The fraction of sp³-hybridized carbons (Fsp3) is 0.583. The second-order valence-electron chi connectivity index (χ2n) is 4.30. The van der Waals surface area contributed by atoms with Gasteiger partial charge in [-0.15, -0.1) is 0 Å². The molecule has 5 nitrogen and oxygen atoms in total. The molecule has 0 aromatic rings. The van der Waals surface area contributed by atoms with Gasteiger partial charge in [-0.1, -0.05) is 0 Å². The van der Waals surface area contributed by atoms with Crippen LogP contribution in [0.2, 0.25) is 0 Å². The minimum Gasteiger partial charge on any atom is -0.490 e. The van der Waals surface area contributed by atoms with Crippen LogP contribution in [0.5, 0.6) is 0 Å². The molecular weight excluding hydrogens is 224 g/mol. The molecule has 1 heterocycles. The molecule has 0 radical (unpaired) electrons. The standard InChI is InChI=1S/C12H16O5/c13-8-3-5-9(6-4-8)17-10-2-1-7-16-11(10)12(14)15/h1-2,7-9,11,13H,3-6H2,(H,14,15). The number of aliphatic hydroxyl groups is 1. The predicted molar refractivity (Wildman–Crippen MR) is 59.1 cm³/mol. The quantitative estimate of drug-likeness (QED) is 0.774. The summed E-state index contributed by atoms with van der Waals surface area (Å²) in [5, 5.41) is 18.3. The van der Waals surface area contributed by atoms with Gasteiger partial charge >= 0.3 is 5.97 Å². The topological polar surface area (TPSA) is 76.0 Å². The molecule has 17 heavy (non-hydrogen) atoms. The van der Waals surface area contributed by atoms with Gasteiger partial charge in [0.1, 0.15) is 5.76 Å². The molecule has 0 aromatic carbocycles. The Morgan fingerprint density at radius 2 is 2.06 bits per heavy atom. The van der Waals surface area contributed by atoms with Gasteiger partial charge in [-0.25, -0.2) is 4.79 Å². The Balaban J connectivity index is 1.94. The van der Waals surface area contributed by atoms with E-state index in [4.69, 9.17) is 14.6 Å². The maximum Gasteiger partial charge on any atom is 0.352 e. The lowest BCUT2D eigenvalue weighted by Crippen LogP contribution is -2.31. The largest absolute Gasteiger partial charge is 0.490 e. The number of aliphatic carboxylic acids is 1. The number of carbonyl (C=O) groups is 1. The van der Waals surface area contributed by atoms with E-state index in [1.165, 1.54) is 6.26 Å². The summed E-state index contributed by atoms with van der Waals surface area (Å²) in [6, 6.07) is 0. The normalized spacial score (nSPS) is 32.5. The van der Waals surface area contributed by atoms with Crippen molar-refractivity contribution in [1.29, 1.82) is 0 Å². The molecule has 0 bridgehead atoms. The molecule has 1 aliphatic carbocycles. The van der Waals surface area contributed by atoms with Gasteiger partial charge < -0.3 is 19.7 Å². The van der Waals surface area contributed by atoms with Crippen molar-refractivity contribution in [1.82, 2.24) is 0 Å². The molecule has 1 atom stereocenters. The summed E-state index contributed by atoms with van der Waals surface area (Å²) in [5.74, 6) is -0.724. The summed E-state index contributed by atoms with van der Waals surface area (Å²) >= 11 is 0. The molecule has 1 unspecified atom stereocenters. The first-order chi connectivity index (χ1) is 8.16. The van der Waals surface area contributed by atoms with Crippen molar-refractivity contribution in [2.45, 2.75) is 44.0 Å². The number of hydrogen-bond acceptors (Lipinski definition) is 4. The van der Waals surface area contributed by atoms with E-state index in [0.29, 0.717) is 18.6 Å². The van der Waals surface area contributed by atoms with E-state index in [9.17, 15) is 9.90 Å². The minimum absolute atomic E-state index is 0.0263. The van der Waals surface area contributed by atoms with Gasteiger partial charge in [0, 0.05) is 0 Å². The summed E-state index contributed by atoms with van der Waals surface area (Å²) in [7, 11) is 0. The van der Waals surface area contributed by atoms with E-state index in [1.807, 2.05) is 0 Å². The van der Waals surface area contributed by atoms with Gasteiger partial charge in [0.25, 0.3) is 6.10 Å². The second-order valence-corrected chi connectivity index (χ2v) is 4.30. The van der Waals surface area contributed by atoms with Crippen molar-refractivity contribution in [2.75, 3.05) is 0 Å². The molecule has 1 fully saturated rings. The molecule has 2 N–H and O–H groups in total. The van der Waals surface area contributed by atoms with Gasteiger partial charge in [-0.2, -0.15) is 0 Å². The van der Waals surface area contributed by atoms with E-state index < -0.39 is 12.1 Å². The van der Waals surface area contributed by atoms with Crippen molar-refractivity contribution in [2.24, 2.45) is 0 Å². The van der Waals surface area contributed by atoms with Crippen molar-refractivity contribution in [3.63, 3.8) is 0 Å². The number of ether oxygens (including phenoxy) is 2. The first-order valence-corrected chi connectivity index (χ1v) is 5.76. The zero-order chi connectivity index (χ0) is 12.3. The molecule has 0 spiro atoms. The van der Waals surface area contributed by atoms with E-state index in [-0.39, 0.29) is 12.2 Å². The Bertz CT molecular complexity index is 339. The zero-order valence-corrected chi connectivity index (χ0v) is 9.41. The fourth-order valence-corrected chi connectivity index (χ4v) is 2.05. The Labute approximate surface area is 99.3 Å². The third-order valence-electron chi connectivity index (χ3n) is 2.98. The lowest BCUT2D eigenvalue weighted by molar-refractivity contribution is -0.148. The van der Waals surface area contributed by atoms with Crippen LogP contribution in [0.15, 0.2) is 24.2 Å². The van der Waals surface area contributed by atoms with Gasteiger partial charge in [0.05, 0.1) is 18.5 Å². The number of carboxylic acid groups (broad SMARTS) is 1. The van der Waals surface area contributed by atoms with Crippen LogP contribution in [0.25, 0.3) is 0 Å². The Morgan fingerprint density at radius 1 is 1.35 bits per heavy atom. The number of allylic oxidation sites excluding steroid dienone is 2. The number of carboxylic acids is 1. The monoisotopic (exact) mass is 240 g/mol. The third-order valence-corrected chi connectivity index (χ3v) is 2.98. The maximum absolute atomic E-state index is 10.9. The van der Waals surface area contributed by atoms with Crippen LogP contribution >= 0.6 is 0 Å². The summed E-state index contributed by atoms with van der Waals surface area (Å²) in [5.41, 5.74) is 0. The van der Waals surface area contributed by atoms with Crippen LogP contribution in [0.4, 0.5) is 0 Å². The van der Waals surface area contributed by atoms with Gasteiger partial charge in [0.15, 0.2) is 0 Å². The Morgan fingerprint density at radius 3 is 2.71 bits per heavy atom. The summed E-state index contributed by atoms with van der Waals surface area (Å²) < 4.78 is 10.6. The molecule has 94 valence electrons. The first kappa shape index (κ1) is 12.0. The number of hydrogen-bond donors (Lipinski definition) is 2. The van der Waals surface area contributed by atoms with Crippen molar-refractivity contribution in [3.05, 3.63) is 24.2 Å². The summed E-state index contributed by atoms with van der Waals surface area (Å²) in [4.78, 5) is 10.9. The lowest BCUT2D eigenvalue weighted by atomic mass is 9.95. The third kappa shape index (κ3) is 3.00. The predicted octanol–water partition coefficient (Wildman–Crippen LogP) is 1.19. The van der Waals surface area contributed by atoms with E-state index in [1.54, 1.807) is 12.2 Å². The van der Waals surface area contributed by atoms with Crippen LogP contribution in [0, 0.1) is 0 Å². The highest BCUT2D eigenvalue weighted by atomic mass is 16.6. The maximum atomic E-state index is 10.9. The smallest absolute Gasteiger partial charge is 0.352 e. The van der Waals surface area contributed by atoms with Crippen LogP contribution < -0.4 is 0 Å². The van der Waals surface area contributed by atoms with Crippen molar-refractivity contribution < 1.29 is 24.5 Å². The number of rotatable bonds is 3. The molecule has 2 rings (SSSR count). The Hall–Kier alpha value is -1.49. The minimum atomic E-state index is -1.06. The molecule has 0 aromatic heterocycles. The van der Waals surface area contributed by atoms with E-state index in [2.05, 4.69) is 0 Å². The van der Waals surface area contributed by atoms with Gasteiger partial charge in [-0.05, 0) is 37.8 Å². The molecule has 1 aliphatic heterocycles. The highest BCUT2D eigenvalue weighted by Gasteiger charge is 2.29. The fourth-order valence-electron chi connectivity index (χ4n) is 2.05. The second kappa shape index (κ2) is 5.23. The van der Waals surface area contributed by atoms with E-state index in [0.717, 1.165) is 12.8 Å². The number of aliphatic hydroxyl groups excluding tert-OH is 1. The SMILES string of the molecule is O=C(O)C1OC=CC=C1OC1CCC(O)CC1. The van der Waals surface area contributed by atoms with Crippen molar-refractivity contribution in [3.8, 4) is 0 Å². The van der Waals surface area contributed by atoms with Crippen LogP contribution in [-0.4, -0.2) is 34.5 Å². The molecule has 0 saturated heterocycles. The lowest BCUT2D eigenvalue weighted by Gasteiger charge is -2.29. The average molecular weight is 240 g/mol. The summed E-state index contributed by atoms with van der Waals surface area (Å²) in [6.07, 6.45) is 6.15. The Kier molecular flexibility index (Phi) is 3.68. The van der Waals surface area contributed by atoms with E-state index >= 15 is 0 Å². The van der Waals surface area contributed by atoms with Crippen molar-refractivity contribution >= 4 is 5.97 Å². The van der Waals surface area contributed by atoms with Gasteiger partial charge in [0.2, 0.25) is 0 Å². The van der Waals surface area contributed by atoms with Crippen LogP contribution in [0.3, 0.4) is 0 Å². The highest BCUT2D eigenvalue weighted by molar-refractivity contribution is 5.76. The van der Waals surface area contributed by atoms with Gasteiger partial charge in [-0.3, -0.25) is 0 Å². The average Bonchev–Trinajstić information content (AvgIpc) is 2.32. The molecular formula is C12H16O5. The molecule has 2 aliphatic rings. The summed E-state index contributed by atoms with van der Waals surface area (Å²) in [6.45, 7) is 0. The van der Waals surface area contributed by atoms with Crippen LogP contribution in [0.1, 0.15) is 25.7 Å².